The summed E-state index contributed by atoms with van der Waals surface area (Å²) in [5.41, 5.74) is 0.968. The van der Waals surface area contributed by atoms with Crippen molar-refractivity contribution >= 4 is 27.5 Å². The quantitative estimate of drug-likeness (QED) is 0.921. The van der Waals surface area contributed by atoms with Gasteiger partial charge in [-0.3, -0.25) is 4.79 Å². The van der Waals surface area contributed by atoms with Gasteiger partial charge in [0.15, 0.2) is 0 Å². The summed E-state index contributed by atoms with van der Waals surface area (Å²) in [6, 6.07) is 7.94. The summed E-state index contributed by atoms with van der Waals surface area (Å²) in [6.07, 6.45) is -0.417. The first kappa shape index (κ1) is 14.9. The molecule has 0 saturated heterocycles. The minimum Gasteiger partial charge on any atom is -0.392 e. The van der Waals surface area contributed by atoms with Gasteiger partial charge in [0, 0.05) is 7.05 Å². The molecule has 0 fully saturated rings. The number of aliphatic hydroxyl groups is 1. The summed E-state index contributed by atoms with van der Waals surface area (Å²) in [7, 11) is 1.75. The number of thiazole rings is 1. The maximum absolute atomic E-state index is 12.0. The molecule has 0 bridgehead atoms. The lowest BCUT2D eigenvalue weighted by Crippen LogP contribution is -2.31. The molecule has 5 heteroatoms. The lowest BCUT2D eigenvalue weighted by Gasteiger charge is -2.19. The van der Waals surface area contributed by atoms with Crippen LogP contribution in [-0.2, 0) is 11.3 Å². The Labute approximate surface area is 123 Å². The molecular formula is C15H20N2O2S. The zero-order chi connectivity index (χ0) is 14.7. The number of para-hydroxylation sites is 1. The molecule has 1 aromatic heterocycles. The van der Waals surface area contributed by atoms with Crippen molar-refractivity contribution in [3.05, 3.63) is 29.3 Å². The van der Waals surface area contributed by atoms with Crippen molar-refractivity contribution in [2.24, 2.45) is 5.92 Å². The number of aliphatic hydroxyl groups excluding tert-OH is 1. The Morgan fingerprint density at radius 3 is 2.75 bits per heavy atom. The number of fused-ring (bicyclic) bond motifs is 1. The third kappa shape index (κ3) is 3.55. The lowest BCUT2D eigenvalue weighted by molar-refractivity contribution is -0.133. The zero-order valence-corrected chi connectivity index (χ0v) is 12.9. The number of nitrogens with zero attached hydrogens (tertiary/aromatic N) is 2. The maximum atomic E-state index is 12.0. The summed E-state index contributed by atoms with van der Waals surface area (Å²) in [5, 5.41) is 10.7. The van der Waals surface area contributed by atoms with E-state index in [9.17, 15) is 9.90 Å². The van der Waals surface area contributed by atoms with Crippen LogP contribution >= 0.6 is 11.3 Å². The smallest absolute Gasteiger partial charge is 0.225 e. The molecule has 0 aliphatic carbocycles. The highest BCUT2D eigenvalue weighted by Crippen LogP contribution is 2.22. The van der Waals surface area contributed by atoms with Gasteiger partial charge in [-0.1, -0.05) is 26.0 Å². The number of hydrogen-bond donors (Lipinski definition) is 1. The number of benzene rings is 1. The number of hydrogen-bond acceptors (Lipinski definition) is 4. The first-order chi connectivity index (χ1) is 9.47. The van der Waals surface area contributed by atoms with Gasteiger partial charge in [0.05, 0.1) is 29.3 Å². The van der Waals surface area contributed by atoms with Crippen molar-refractivity contribution < 1.29 is 9.90 Å². The standard InChI is InChI=1S/C15H20N2O2S/c1-10(2)12(18)8-15(19)17(3)9-14-16-11-6-4-5-7-13(11)20-14/h4-7,10,12,18H,8-9H2,1-3H3. The highest BCUT2D eigenvalue weighted by atomic mass is 32.1. The van der Waals surface area contributed by atoms with E-state index in [-0.39, 0.29) is 18.2 Å². The third-order valence-electron chi connectivity index (χ3n) is 3.29. The Bertz CT molecular complexity index is 561. The molecule has 108 valence electrons. The predicted molar refractivity (Wildman–Crippen MR) is 81.6 cm³/mol. The number of carbonyl (C=O) groups excluding carboxylic acids is 1. The molecule has 0 radical (unpaired) electrons. The highest BCUT2D eigenvalue weighted by molar-refractivity contribution is 7.18. The van der Waals surface area contributed by atoms with Crippen LogP contribution in [-0.4, -0.2) is 34.0 Å². The zero-order valence-electron chi connectivity index (χ0n) is 12.0. The first-order valence-electron chi connectivity index (χ1n) is 6.74. The molecule has 1 heterocycles. The molecule has 0 aliphatic heterocycles. The fraction of sp³-hybridized carbons (Fsp3) is 0.467. The van der Waals surface area contributed by atoms with E-state index >= 15 is 0 Å². The molecule has 1 N–H and O–H groups in total. The van der Waals surface area contributed by atoms with Gasteiger partial charge in [0.2, 0.25) is 5.91 Å². The second kappa shape index (κ2) is 6.33. The molecule has 1 unspecified atom stereocenters. The van der Waals surface area contributed by atoms with E-state index in [1.165, 1.54) is 0 Å². The number of carbonyl (C=O) groups is 1. The van der Waals surface area contributed by atoms with Gasteiger partial charge in [-0.2, -0.15) is 0 Å². The third-order valence-corrected chi connectivity index (χ3v) is 4.31. The normalized spacial score (nSPS) is 12.8. The van der Waals surface area contributed by atoms with Gasteiger partial charge in [-0.05, 0) is 18.1 Å². The number of amides is 1. The second-order valence-electron chi connectivity index (χ2n) is 5.34. The predicted octanol–water partition coefficient (Wildman–Crippen LogP) is 2.66. The van der Waals surface area contributed by atoms with E-state index in [0.717, 1.165) is 15.2 Å². The van der Waals surface area contributed by atoms with E-state index in [1.54, 1.807) is 23.3 Å². The molecule has 2 aromatic rings. The average molecular weight is 292 g/mol. The van der Waals surface area contributed by atoms with Gasteiger partial charge >= 0.3 is 0 Å². The molecule has 20 heavy (non-hydrogen) atoms. The van der Waals surface area contributed by atoms with Crippen molar-refractivity contribution in [2.45, 2.75) is 32.9 Å². The summed E-state index contributed by atoms with van der Waals surface area (Å²) < 4.78 is 1.13. The molecule has 0 aliphatic rings. The molecule has 1 amide bonds. The summed E-state index contributed by atoms with van der Waals surface area (Å²) in [6.45, 7) is 4.31. The second-order valence-corrected chi connectivity index (χ2v) is 6.46. The van der Waals surface area contributed by atoms with Gasteiger partial charge in [-0.25, -0.2) is 4.98 Å². The fourth-order valence-corrected chi connectivity index (χ4v) is 2.87. The monoisotopic (exact) mass is 292 g/mol. The van der Waals surface area contributed by atoms with Crippen LogP contribution in [0.4, 0.5) is 0 Å². The maximum Gasteiger partial charge on any atom is 0.225 e. The topological polar surface area (TPSA) is 53.4 Å². The van der Waals surface area contributed by atoms with Crippen LogP contribution in [0.15, 0.2) is 24.3 Å². The van der Waals surface area contributed by atoms with Gasteiger partial charge in [0.25, 0.3) is 0 Å². The van der Waals surface area contributed by atoms with Crippen LogP contribution in [0.3, 0.4) is 0 Å². The van der Waals surface area contributed by atoms with E-state index in [2.05, 4.69) is 4.98 Å². The van der Waals surface area contributed by atoms with Crippen molar-refractivity contribution in [3.63, 3.8) is 0 Å². The molecule has 0 spiro atoms. The van der Waals surface area contributed by atoms with Crippen molar-refractivity contribution in [2.75, 3.05) is 7.05 Å². The molecule has 0 saturated carbocycles. The molecule has 1 aromatic carbocycles. The van der Waals surface area contributed by atoms with E-state index < -0.39 is 6.10 Å². The van der Waals surface area contributed by atoms with Gasteiger partial charge in [-0.15, -0.1) is 11.3 Å². The van der Waals surface area contributed by atoms with Crippen LogP contribution in [0.25, 0.3) is 10.2 Å². The minimum absolute atomic E-state index is 0.0505. The first-order valence-corrected chi connectivity index (χ1v) is 7.55. The van der Waals surface area contributed by atoms with Crippen LogP contribution in [0.1, 0.15) is 25.3 Å². The lowest BCUT2D eigenvalue weighted by atomic mass is 10.0. The van der Waals surface area contributed by atoms with E-state index in [0.29, 0.717) is 6.54 Å². The van der Waals surface area contributed by atoms with Gasteiger partial charge < -0.3 is 10.0 Å². The van der Waals surface area contributed by atoms with E-state index in [1.807, 2.05) is 38.1 Å². The van der Waals surface area contributed by atoms with Crippen molar-refractivity contribution in [1.29, 1.82) is 0 Å². The van der Waals surface area contributed by atoms with Crippen LogP contribution in [0, 0.1) is 5.92 Å². The average Bonchev–Trinajstić information content (AvgIpc) is 2.80. The number of rotatable bonds is 5. The summed E-state index contributed by atoms with van der Waals surface area (Å²) in [5.74, 6) is 0.0419. The molecule has 1 atom stereocenters. The Kier molecular flexibility index (Phi) is 4.73. The van der Waals surface area contributed by atoms with Gasteiger partial charge in [0.1, 0.15) is 5.01 Å². The SMILES string of the molecule is CC(C)C(O)CC(=O)N(C)Cc1nc2ccccc2s1. The Hall–Kier alpha value is -1.46. The van der Waals surface area contributed by atoms with E-state index in [4.69, 9.17) is 0 Å². The molecular weight excluding hydrogens is 272 g/mol. The molecule has 4 nitrogen and oxygen atoms in total. The fourth-order valence-electron chi connectivity index (χ4n) is 1.85. The van der Waals surface area contributed by atoms with Crippen molar-refractivity contribution in [3.8, 4) is 0 Å². The highest BCUT2D eigenvalue weighted by Gasteiger charge is 2.18. The number of aromatic nitrogens is 1. The van der Waals surface area contributed by atoms with Crippen molar-refractivity contribution in [1.82, 2.24) is 9.88 Å². The van der Waals surface area contributed by atoms with Crippen LogP contribution in [0.2, 0.25) is 0 Å². The minimum atomic E-state index is -0.583. The summed E-state index contributed by atoms with van der Waals surface area (Å²) >= 11 is 1.60. The largest absolute Gasteiger partial charge is 0.392 e. The van der Waals surface area contributed by atoms with Crippen LogP contribution in [0.5, 0.6) is 0 Å². The Morgan fingerprint density at radius 2 is 2.10 bits per heavy atom. The van der Waals surface area contributed by atoms with Crippen LogP contribution < -0.4 is 0 Å². The summed E-state index contributed by atoms with van der Waals surface area (Å²) in [4.78, 5) is 18.2. The Morgan fingerprint density at radius 1 is 1.40 bits per heavy atom. The Balaban J connectivity index is 2.00. The molecule has 2 rings (SSSR count).